The lowest BCUT2D eigenvalue weighted by Crippen LogP contribution is -2.43. The van der Waals surface area contributed by atoms with Gasteiger partial charge in [-0.05, 0) is 43.7 Å². The number of benzene rings is 2. The van der Waals surface area contributed by atoms with Crippen molar-refractivity contribution in [3.63, 3.8) is 0 Å². The van der Waals surface area contributed by atoms with Crippen LogP contribution in [-0.4, -0.2) is 41.2 Å². The van der Waals surface area contributed by atoms with Gasteiger partial charge < -0.3 is 14.7 Å². The van der Waals surface area contributed by atoms with Crippen LogP contribution in [0.25, 0.3) is 10.8 Å². The van der Waals surface area contributed by atoms with E-state index in [9.17, 15) is 9.90 Å². The topological polar surface area (TPSA) is 49.8 Å². The van der Waals surface area contributed by atoms with Gasteiger partial charge in [0.25, 0.3) is 5.91 Å². The second-order valence-electron chi connectivity index (χ2n) is 5.79. The quantitative estimate of drug-likeness (QED) is 0.892. The zero-order chi connectivity index (χ0) is 16.1. The summed E-state index contributed by atoms with van der Waals surface area (Å²) in [7, 11) is 0. The number of hydrogen-bond donors (Lipinski definition) is 1. The number of aliphatic hydroxyl groups is 1. The molecule has 0 spiro atoms. The second kappa shape index (κ2) is 7.27. The Morgan fingerprint density at radius 1 is 1.14 bits per heavy atom. The van der Waals surface area contributed by atoms with Gasteiger partial charge in [0.1, 0.15) is 5.75 Å². The Kier molecular flexibility index (Phi) is 5.39. The van der Waals surface area contributed by atoms with E-state index in [1.54, 1.807) is 11.8 Å². The molecule has 0 fully saturated rings. The molecule has 0 saturated heterocycles. The number of amides is 1. The first-order chi connectivity index (χ1) is 10.5. The van der Waals surface area contributed by atoms with Crippen molar-refractivity contribution in [1.82, 2.24) is 4.90 Å². The van der Waals surface area contributed by atoms with Crippen LogP contribution in [0.4, 0.5) is 0 Å². The SMILES string of the molecule is CC(O)CN(C(=O)COc1ccc2ccccc2c1)C(C)C. The Balaban J connectivity index is 2.02. The lowest BCUT2D eigenvalue weighted by Gasteiger charge is -2.27. The van der Waals surface area contributed by atoms with Gasteiger partial charge in [-0.1, -0.05) is 30.3 Å². The predicted molar refractivity (Wildman–Crippen MR) is 88.0 cm³/mol. The third-order valence-corrected chi connectivity index (χ3v) is 3.49. The number of rotatable bonds is 6. The van der Waals surface area contributed by atoms with Crippen molar-refractivity contribution in [2.45, 2.75) is 32.9 Å². The monoisotopic (exact) mass is 301 g/mol. The van der Waals surface area contributed by atoms with Gasteiger partial charge in [-0.3, -0.25) is 4.79 Å². The summed E-state index contributed by atoms with van der Waals surface area (Å²) in [6.07, 6.45) is -0.549. The van der Waals surface area contributed by atoms with Crippen LogP contribution in [0.5, 0.6) is 5.75 Å². The first-order valence-electron chi connectivity index (χ1n) is 7.56. The van der Waals surface area contributed by atoms with Crippen molar-refractivity contribution in [3.05, 3.63) is 42.5 Å². The minimum absolute atomic E-state index is 0.0246. The maximum atomic E-state index is 12.2. The molecule has 1 amide bonds. The Labute approximate surface area is 131 Å². The summed E-state index contributed by atoms with van der Waals surface area (Å²) in [5, 5.41) is 11.7. The van der Waals surface area contributed by atoms with E-state index in [2.05, 4.69) is 0 Å². The first kappa shape index (κ1) is 16.3. The molecule has 1 N–H and O–H groups in total. The van der Waals surface area contributed by atoms with Crippen LogP contribution in [0.15, 0.2) is 42.5 Å². The minimum Gasteiger partial charge on any atom is -0.484 e. The highest BCUT2D eigenvalue weighted by Gasteiger charge is 2.19. The Morgan fingerprint density at radius 3 is 2.45 bits per heavy atom. The minimum atomic E-state index is -0.549. The van der Waals surface area contributed by atoms with Crippen molar-refractivity contribution in [1.29, 1.82) is 0 Å². The number of ether oxygens (including phenoxy) is 1. The molecule has 0 aliphatic rings. The zero-order valence-corrected chi connectivity index (χ0v) is 13.3. The second-order valence-corrected chi connectivity index (χ2v) is 5.79. The van der Waals surface area contributed by atoms with Crippen LogP contribution in [-0.2, 0) is 4.79 Å². The molecular formula is C18H23NO3. The molecule has 118 valence electrons. The molecule has 0 saturated carbocycles. The third-order valence-electron chi connectivity index (χ3n) is 3.49. The van der Waals surface area contributed by atoms with Gasteiger partial charge >= 0.3 is 0 Å². The number of carbonyl (C=O) groups excluding carboxylic acids is 1. The molecule has 4 heteroatoms. The number of nitrogens with zero attached hydrogens (tertiary/aromatic N) is 1. The van der Waals surface area contributed by atoms with Gasteiger partial charge in [-0.2, -0.15) is 0 Å². The number of fused-ring (bicyclic) bond motifs is 1. The lowest BCUT2D eigenvalue weighted by molar-refractivity contribution is -0.136. The Hall–Kier alpha value is -2.07. The van der Waals surface area contributed by atoms with Gasteiger partial charge in [0.15, 0.2) is 6.61 Å². The highest BCUT2D eigenvalue weighted by atomic mass is 16.5. The van der Waals surface area contributed by atoms with Crippen molar-refractivity contribution in [2.75, 3.05) is 13.2 Å². The van der Waals surface area contributed by atoms with E-state index < -0.39 is 6.10 Å². The van der Waals surface area contributed by atoms with Crippen molar-refractivity contribution in [2.24, 2.45) is 0 Å². The van der Waals surface area contributed by atoms with Crippen LogP contribution in [0.2, 0.25) is 0 Å². The maximum absolute atomic E-state index is 12.2. The number of aliphatic hydroxyl groups excluding tert-OH is 1. The van der Waals surface area contributed by atoms with Crippen molar-refractivity contribution in [3.8, 4) is 5.75 Å². The molecule has 22 heavy (non-hydrogen) atoms. The molecule has 2 aromatic carbocycles. The average molecular weight is 301 g/mol. The molecule has 4 nitrogen and oxygen atoms in total. The van der Waals surface area contributed by atoms with Gasteiger partial charge in [0.05, 0.1) is 6.10 Å². The summed E-state index contributed by atoms with van der Waals surface area (Å²) in [5.74, 6) is 0.553. The van der Waals surface area contributed by atoms with Crippen LogP contribution in [0.3, 0.4) is 0 Å². The fourth-order valence-corrected chi connectivity index (χ4v) is 2.37. The van der Waals surface area contributed by atoms with Gasteiger partial charge in [0.2, 0.25) is 0 Å². The van der Waals surface area contributed by atoms with Crippen molar-refractivity contribution >= 4 is 16.7 Å². The van der Waals surface area contributed by atoms with E-state index in [1.807, 2.05) is 56.3 Å². The molecule has 1 unspecified atom stereocenters. The molecular weight excluding hydrogens is 278 g/mol. The van der Waals surface area contributed by atoms with E-state index in [4.69, 9.17) is 4.74 Å². The lowest BCUT2D eigenvalue weighted by atomic mass is 10.1. The summed E-state index contributed by atoms with van der Waals surface area (Å²) in [5.41, 5.74) is 0. The summed E-state index contributed by atoms with van der Waals surface area (Å²) in [4.78, 5) is 13.9. The van der Waals surface area contributed by atoms with Gasteiger partial charge in [-0.15, -0.1) is 0 Å². The van der Waals surface area contributed by atoms with E-state index in [0.29, 0.717) is 12.3 Å². The summed E-state index contributed by atoms with van der Waals surface area (Å²) < 4.78 is 5.62. The summed E-state index contributed by atoms with van der Waals surface area (Å²) in [6, 6.07) is 13.8. The van der Waals surface area contributed by atoms with E-state index in [1.165, 1.54) is 0 Å². The summed E-state index contributed by atoms with van der Waals surface area (Å²) in [6.45, 7) is 5.82. The van der Waals surface area contributed by atoms with Gasteiger partial charge in [-0.25, -0.2) is 0 Å². The fraction of sp³-hybridized carbons (Fsp3) is 0.389. The van der Waals surface area contributed by atoms with Gasteiger partial charge in [0, 0.05) is 12.6 Å². The Bertz CT molecular complexity index is 637. The molecule has 2 aromatic rings. The summed E-state index contributed by atoms with van der Waals surface area (Å²) >= 11 is 0. The van der Waals surface area contributed by atoms with Crippen molar-refractivity contribution < 1.29 is 14.6 Å². The van der Waals surface area contributed by atoms with E-state index in [-0.39, 0.29) is 18.6 Å². The normalized spacial score (nSPS) is 12.4. The smallest absolute Gasteiger partial charge is 0.260 e. The largest absolute Gasteiger partial charge is 0.484 e. The standard InChI is InChI=1S/C18H23NO3/c1-13(2)19(11-14(3)20)18(21)12-22-17-9-8-15-6-4-5-7-16(15)10-17/h4-10,13-14,20H,11-12H2,1-3H3. The highest BCUT2D eigenvalue weighted by Crippen LogP contribution is 2.20. The molecule has 2 rings (SSSR count). The van der Waals surface area contributed by atoms with Crippen LogP contribution in [0, 0.1) is 0 Å². The molecule has 0 heterocycles. The zero-order valence-electron chi connectivity index (χ0n) is 13.3. The fourth-order valence-electron chi connectivity index (χ4n) is 2.37. The van der Waals surface area contributed by atoms with Crippen LogP contribution >= 0.6 is 0 Å². The molecule has 0 aliphatic carbocycles. The third kappa shape index (κ3) is 4.21. The average Bonchev–Trinajstić information content (AvgIpc) is 2.49. The molecule has 0 aliphatic heterocycles. The highest BCUT2D eigenvalue weighted by molar-refractivity contribution is 5.84. The number of carbonyl (C=O) groups is 1. The molecule has 0 bridgehead atoms. The first-order valence-corrected chi connectivity index (χ1v) is 7.56. The van der Waals surface area contributed by atoms with Crippen LogP contribution < -0.4 is 4.74 Å². The predicted octanol–water partition coefficient (Wildman–Crippen LogP) is 2.84. The molecule has 0 aromatic heterocycles. The number of hydrogen-bond acceptors (Lipinski definition) is 3. The Morgan fingerprint density at radius 2 is 1.82 bits per heavy atom. The van der Waals surface area contributed by atoms with E-state index in [0.717, 1.165) is 10.8 Å². The molecule has 1 atom stereocenters. The maximum Gasteiger partial charge on any atom is 0.260 e. The van der Waals surface area contributed by atoms with Crippen LogP contribution in [0.1, 0.15) is 20.8 Å². The van der Waals surface area contributed by atoms with E-state index >= 15 is 0 Å². The molecule has 0 radical (unpaired) electrons.